The molecule has 14 heteroatoms. The third kappa shape index (κ3) is 5.15. The van der Waals surface area contributed by atoms with Crippen LogP contribution >= 0.6 is 35.3 Å². The van der Waals surface area contributed by atoms with Crippen LogP contribution in [0.1, 0.15) is 49.7 Å². The molecule has 1 aromatic carbocycles. The summed E-state index contributed by atoms with van der Waals surface area (Å²) in [6.07, 6.45) is 7.49. The number of nitrogens with two attached hydrogens (primary N) is 2. The highest BCUT2D eigenvalue weighted by Crippen LogP contribution is 2.58. The Balaban J connectivity index is 1.86. The van der Waals surface area contributed by atoms with Crippen LogP contribution in [0.3, 0.4) is 0 Å². The second-order valence-corrected chi connectivity index (χ2v) is 14.0. The molecule has 2 unspecified atom stereocenters. The summed E-state index contributed by atoms with van der Waals surface area (Å²) in [5.74, 6) is -0.757. The highest BCUT2D eigenvalue weighted by molar-refractivity contribution is 7.99. The zero-order chi connectivity index (χ0) is 31.0. The fourth-order valence-corrected chi connectivity index (χ4v) is 7.98. The Morgan fingerprint density at radius 2 is 1.65 bits per heavy atom. The van der Waals surface area contributed by atoms with Crippen molar-refractivity contribution in [2.75, 3.05) is 24.0 Å². The number of hydroxylamine groups is 2. The lowest BCUT2D eigenvalue weighted by molar-refractivity contribution is -0.326. The third-order valence-corrected chi connectivity index (χ3v) is 10.3. The molecule has 4 heterocycles. The van der Waals surface area contributed by atoms with E-state index in [-0.39, 0.29) is 36.9 Å². The van der Waals surface area contributed by atoms with Crippen LogP contribution in [0.5, 0.6) is 0 Å². The second kappa shape index (κ2) is 12.4. The average molecular weight is 647 g/mol. The summed E-state index contributed by atoms with van der Waals surface area (Å²) in [6, 6.07) is 10.0. The molecule has 2 aliphatic heterocycles. The Labute approximate surface area is 262 Å². The summed E-state index contributed by atoms with van der Waals surface area (Å²) in [7, 11) is 0. The summed E-state index contributed by atoms with van der Waals surface area (Å²) >= 11 is 4.34. The zero-order valence-electron chi connectivity index (χ0n) is 24.4. The van der Waals surface area contributed by atoms with Crippen molar-refractivity contribution in [2.45, 2.75) is 65.7 Å². The van der Waals surface area contributed by atoms with Gasteiger partial charge in [-0.15, -0.1) is 0 Å². The van der Waals surface area contributed by atoms with Gasteiger partial charge in [-0.3, -0.25) is 4.98 Å². The first-order chi connectivity index (χ1) is 20.5. The summed E-state index contributed by atoms with van der Waals surface area (Å²) in [5, 5.41) is 1.59. The number of imidazole rings is 1. The van der Waals surface area contributed by atoms with E-state index < -0.39 is 28.6 Å². The van der Waals surface area contributed by atoms with E-state index in [0.29, 0.717) is 27.1 Å². The number of rotatable bonds is 12. The number of hydrogen-bond acceptors (Lipinski definition) is 12. The highest BCUT2D eigenvalue weighted by atomic mass is 32.2. The average Bonchev–Trinajstić information content (AvgIpc) is 3.51. The van der Waals surface area contributed by atoms with Crippen LogP contribution in [0.2, 0.25) is 0 Å². The van der Waals surface area contributed by atoms with Crippen molar-refractivity contribution in [3.05, 3.63) is 71.7 Å². The van der Waals surface area contributed by atoms with Gasteiger partial charge in [-0.05, 0) is 72.6 Å². The van der Waals surface area contributed by atoms with Crippen molar-refractivity contribution < 1.29 is 23.7 Å². The molecule has 0 aliphatic carbocycles. The quantitative estimate of drug-likeness (QED) is 0.293. The van der Waals surface area contributed by atoms with Gasteiger partial charge in [-0.25, -0.2) is 19.0 Å². The minimum absolute atomic E-state index is 0.109. The molecule has 43 heavy (non-hydrogen) atoms. The van der Waals surface area contributed by atoms with Crippen LogP contribution in [0.4, 0.5) is 4.39 Å². The number of carbonyl (C=O) groups is 2. The number of halogens is 1. The van der Waals surface area contributed by atoms with Gasteiger partial charge in [0.05, 0.1) is 17.5 Å². The molecule has 3 aromatic rings. The first kappa shape index (κ1) is 31.8. The molecule has 0 spiro atoms. The number of pyridine rings is 1. The predicted molar refractivity (Wildman–Crippen MR) is 166 cm³/mol. The monoisotopic (exact) mass is 646 g/mol. The lowest BCUT2D eigenvalue weighted by Crippen LogP contribution is -2.75. The Kier molecular flexibility index (Phi) is 9.17. The molecule has 10 nitrogen and oxygen atoms in total. The molecule has 2 atom stereocenters. The van der Waals surface area contributed by atoms with Crippen molar-refractivity contribution >= 4 is 47.2 Å². The van der Waals surface area contributed by atoms with Gasteiger partial charge in [-0.1, -0.05) is 37.7 Å². The van der Waals surface area contributed by atoms with E-state index in [2.05, 4.69) is 4.98 Å². The molecule has 0 saturated carbocycles. The van der Waals surface area contributed by atoms with Crippen LogP contribution in [0.25, 0.3) is 0 Å². The van der Waals surface area contributed by atoms with Gasteiger partial charge in [0.15, 0.2) is 11.1 Å². The summed E-state index contributed by atoms with van der Waals surface area (Å²) in [6.45, 7) is 4.23. The van der Waals surface area contributed by atoms with Crippen molar-refractivity contribution in [2.24, 2.45) is 11.5 Å². The number of fused-ring (bicyclic) bond motifs is 1. The number of carbonyl (C=O) groups excluding carboxylic acids is 2. The van der Waals surface area contributed by atoms with Crippen LogP contribution in [-0.2, 0) is 31.3 Å². The molecule has 2 aromatic heterocycles. The number of thioether (sulfide) groups is 2. The zero-order valence-corrected chi connectivity index (χ0v) is 26.9. The lowest BCUT2D eigenvalue weighted by atomic mass is 9.63. The topological polar surface area (TPSA) is 139 Å². The first-order valence-corrected chi connectivity index (χ1v) is 17.4. The Morgan fingerprint density at radius 1 is 1.00 bits per heavy atom. The summed E-state index contributed by atoms with van der Waals surface area (Å²) in [4.78, 5) is 48.9. The van der Waals surface area contributed by atoms with Crippen LogP contribution in [0.15, 0.2) is 58.7 Å². The van der Waals surface area contributed by atoms with Crippen molar-refractivity contribution in [3.63, 3.8) is 0 Å². The lowest BCUT2D eigenvalue weighted by Gasteiger charge is -2.44. The molecule has 2 aliphatic rings. The van der Waals surface area contributed by atoms with E-state index in [1.807, 2.05) is 49.1 Å². The number of hydrogen-bond donors (Lipinski definition) is 2. The maximum Gasteiger partial charge on any atom is 0.351 e. The van der Waals surface area contributed by atoms with Gasteiger partial charge < -0.3 is 25.7 Å². The highest BCUT2D eigenvalue weighted by Gasteiger charge is 2.83. The van der Waals surface area contributed by atoms with Crippen LogP contribution < -0.4 is 11.5 Å². The molecule has 5 rings (SSSR count). The maximum absolute atomic E-state index is 14.3. The second-order valence-electron chi connectivity index (χ2n) is 10.9. The molecule has 2 saturated heterocycles. The standard InChI is InChI=1S/C29H35FN6O4S3/c1-18(2)22-23(43-21-9-5-8-20(30)15-21)35(17-19-7-6-12-33-16-19)24(34-22)29-27(31,10-13-41-3)25(37)39-36(29)40-26(38)28(29,32)11-14-42-4/h5-9,12,15-16,18H,10-11,13-14,17,31-32H2,1-4H3. The third-order valence-electron chi connectivity index (χ3n) is 7.92. The Morgan fingerprint density at radius 3 is 2.19 bits per heavy atom. The minimum atomic E-state index is -1.83. The molecular weight excluding hydrogens is 612 g/mol. The molecule has 0 amide bonds. The fraction of sp³-hybridized carbons (Fsp3) is 0.448. The van der Waals surface area contributed by atoms with Gasteiger partial charge in [0, 0.05) is 17.3 Å². The van der Waals surface area contributed by atoms with Gasteiger partial charge in [0.1, 0.15) is 16.7 Å². The van der Waals surface area contributed by atoms with Gasteiger partial charge >= 0.3 is 11.9 Å². The van der Waals surface area contributed by atoms with Gasteiger partial charge in [0.2, 0.25) is 5.54 Å². The molecular formula is C29H35FN6O4S3. The Bertz CT molecular complexity index is 1470. The number of benzene rings is 1. The largest absolute Gasteiger partial charge is 0.351 e. The van der Waals surface area contributed by atoms with Gasteiger partial charge in [-0.2, -0.15) is 23.5 Å². The van der Waals surface area contributed by atoms with E-state index in [0.717, 1.165) is 10.8 Å². The van der Waals surface area contributed by atoms with Crippen molar-refractivity contribution in [1.82, 2.24) is 19.8 Å². The maximum atomic E-state index is 14.3. The Hall–Kier alpha value is -2.62. The summed E-state index contributed by atoms with van der Waals surface area (Å²) in [5.41, 5.74) is 10.4. The molecule has 0 bridgehead atoms. The van der Waals surface area contributed by atoms with Crippen molar-refractivity contribution in [1.29, 1.82) is 0 Å². The van der Waals surface area contributed by atoms with Crippen LogP contribution in [0, 0.1) is 5.82 Å². The normalized spacial score (nSPS) is 25.3. The van der Waals surface area contributed by atoms with E-state index >= 15 is 0 Å². The predicted octanol–water partition coefficient (Wildman–Crippen LogP) is 4.08. The fourth-order valence-electron chi connectivity index (χ4n) is 5.74. The van der Waals surface area contributed by atoms with Crippen molar-refractivity contribution in [3.8, 4) is 0 Å². The first-order valence-electron chi connectivity index (χ1n) is 13.8. The SMILES string of the molecule is CSCCC1(N)C(=O)ON2OC(=O)C(N)(CCSC)C21c1nc(C(C)C)c(Sc2cccc(F)c2)n1Cc1cccnc1. The van der Waals surface area contributed by atoms with Gasteiger partial charge in [0.25, 0.3) is 0 Å². The molecule has 230 valence electrons. The van der Waals surface area contributed by atoms with E-state index in [4.69, 9.17) is 26.1 Å². The number of nitrogens with zero attached hydrogens (tertiary/aromatic N) is 4. The van der Waals surface area contributed by atoms with E-state index in [1.54, 1.807) is 18.5 Å². The minimum Gasteiger partial charge on any atom is -0.330 e. The molecule has 2 fully saturated rings. The smallest absolute Gasteiger partial charge is 0.330 e. The van der Waals surface area contributed by atoms with E-state index in [9.17, 15) is 14.0 Å². The van der Waals surface area contributed by atoms with Crippen LogP contribution in [-0.4, -0.2) is 66.8 Å². The number of aromatic nitrogens is 3. The molecule has 0 radical (unpaired) electrons. The molecule has 4 N–H and O–H groups in total. The summed E-state index contributed by atoms with van der Waals surface area (Å²) < 4.78 is 16.2. The van der Waals surface area contributed by atoms with E-state index in [1.165, 1.54) is 47.4 Å².